The van der Waals surface area contributed by atoms with Crippen molar-refractivity contribution >= 4 is 5.82 Å². The number of nitrogen functional groups attached to an aromatic ring is 1. The molecule has 0 bridgehead atoms. The molecule has 0 aliphatic heterocycles. The zero-order valence-electron chi connectivity index (χ0n) is 10.1. The lowest BCUT2D eigenvalue weighted by Crippen LogP contribution is -1.97. The van der Waals surface area contributed by atoms with Gasteiger partial charge in [-0.2, -0.15) is 10.4 Å². The Morgan fingerprint density at radius 1 is 1.39 bits per heavy atom. The minimum Gasteiger partial charge on any atom is -0.496 e. The molecule has 3 N–H and O–H groups in total. The number of anilines is 1. The Labute approximate surface area is 105 Å². The van der Waals surface area contributed by atoms with Crippen LogP contribution in [0, 0.1) is 11.3 Å². The van der Waals surface area contributed by atoms with Crippen LogP contribution in [0.1, 0.15) is 16.8 Å². The van der Waals surface area contributed by atoms with Crippen LogP contribution in [0.15, 0.2) is 24.3 Å². The average Bonchev–Trinajstić information content (AvgIpc) is 2.77. The van der Waals surface area contributed by atoms with Gasteiger partial charge in [0, 0.05) is 0 Å². The second-order valence-electron chi connectivity index (χ2n) is 3.89. The van der Waals surface area contributed by atoms with Gasteiger partial charge >= 0.3 is 0 Å². The summed E-state index contributed by atoms with van der Waals surface area (Å²) in [6.45, 7) is 0. The number of benzene rings is 1. The van der Waals surface area contributed by atoms with Crippen molar-refractivity contribution in [3.63, 3.8) is 0 Å². The number of hydrogen-bond acceptors (Lipinski definition) is 4. The molecule has 0 amide bonds. The van der Waals surface area contributed by atoms with Crippen molar-refractivity contribution in [3.05, 3.63) is 41.1 Å². The number of para-hydroxylation sites is 1. The fourth-order valence-electron chi connectivity index (χ4n) is 1.87. The molecule has 0 saturated carbocycles. The Bertz CT molecular complexity index is 583. The number of nitriles is 1. The van der Waals surface area contributed by atoms with Gasteiger partial charge in [-0.25, -0.2) is 0 Å². The van der Waals surface area contributed by atoms with Crippen molar-refractivity contribution in [1.82, 2.24) is 10.2 Å². The third-order valence-corrected chi connectivity index (χ3v) is 2.82. The quantitative estimate of drug-likeness (QED) is 0.853. The van der Waals surface area contributed by atoms with Crippen LogP contribution in [0.3, 0.4) is 0 Å². The van der Waals surface area contributed by atoms with Crippen LogP contribution in [0.5, 0.6) is 5.75 Å². The first kappa shape index (κ1) is 12.0. The molecule has 2 rings (SSSR count). The summed E-state index contributed by atoms with van der Waals surface area (Å²) >= 11 is 0. The number of H-pyrrole nitrogens is 1. The lowest BCUT2D eigenvalue weighted by atomic mass is 10.1. The Morgan fingerprint density at radius 3 is 2.89 bits per heavy atom. The molecule has 92 valence electrons. The Balaban J connectivity index is 2.14. The Kier molecular flexibility index (Phi) is 3.49. The lowest BCUT2D eigenvalue weighted by molar-refractivity contribution is 0.409. The number of methoxy groups -OCH3 is 1. The van der Waals surface area contributed by atoms with E-state index in [1.165, 1.54) is 0 Å². The van der Waals surface area contributed by atoms with Crippen LogP contribution in [0.25, 0.3) is 0 Å². The van der Waals surface area contributed by atoms with Crippen molar-refractivity contribution in [3.8, 4) is 11.8 Å². The van der Waals surface area contributed by atoms with Gasteiger partial charge in [-0.3, -0.25) is 5.10 Å². The first-order valence-corrected chi connectivity index (χ1v) is 5.61. The van der Waals surface area contributed by atoms with Crippen LogP contribution < -0.4 is 10.5 Å². The van der Waals surface area contributed by atoms with Gasteiger partial charge in [-0.15, -0.1) is 0 Å². The summed E-state index contributed by atoms with van der Waals surface area (Å²) in [4.78, 5) is 0. The monoisotopic (exact) mass is 242 g/mol. The van der Waals surface area contributed by atoms with Gasteiger partial charge in [0.05, 0.1) is 12.8 Å². The predicted octanol–water partition coefficient (Wildman–Crippen LogP) is 1.66. The van der Waals surface area contributed by atoms with E-state index in [1.54, 1.807) is 7.11 Å². The fourth-order valence-corrected chi connectivity index (χ4v) is 1.87. The molecular weight excluding hydrogens is 228 g/mol. The summed E-state index contributed by atoms with van der Waals surface area (Å²) in [7, 11) is 1.65. The van der Waals surface area contributed by atoms with E-state index in [9.17, 15) is 0 Å². The van der Waals surface area contributed by atoms with Crippen LogP contribution in [0.4, 0.5) is 5.82 Å². The number of nitrogens with two attached hydrogens (primary N) is 1. The highest BCUT2D eigenvalue weighted by Crippen LogP contribution is 2.20. The second-order valence-corrected chi connectivity index (χ2v) is 3.89. The molecule has 18 heavy (non-hydrogen) atoms. The molecule has 1 heterocycles. The summed E-state index contributed by atoms with van der Waals surface area (Å²) in [5.74, 6) is 1.11. The largest absolute Gasteiger partial charge is 0.496 e. The van der Waals surface area contributed by atoms with Crippen molar-refractivity contribution < 1.29 is 4.74 Å². The second kappa shape index (κ2) is 5.23. The van der Waals surface area contributed by atoms with Crippen LogP contribution >= 0.6 is 0 Å². The number of aryl methyl sites for hydroxylation is 2. The number of ether oxygens (including phenoxy) is 1. The third kappa shape index (κ3) is 2.28. The van der Waals surface area contributed by atoms with Crippen LogP contribution in [-0.2, 0) is 12.8 Å². The Morgan fingerprint density at radius 2 is 2.17 bits per heavy atom. The maximum Gasteiger partial charge on any atom is 0.163 e. The topological polar surface area (TPSA) is 87.7 Å². The first-order chi connectivity index (χ1) is 8.76. The number of aromatic nitrogens is 2. The van der Waals surface area contributed by atoms with Gasteiger partial charge in [0.2, 0.25) is 0 Å². The summed E-state index contributed by atoms with van der Waals surface area (Å²) in [6, 6.07) is 9.87. The molecule has 5 heteroatoms. The number of aromatic amines is 1. The molecule has 1 aromatic heterocycles. The summed E-state index contributed by atoms with van der Waals surface area (Å²) in [6.07, 6.45) is 1.44. The van der Waals surface area contributed by atoms with Crippen molar-refractivity contribution in [1.29, 1.82) is 5.26 Å². The van der Waals surface area contributed by atoms with Gasteiger partial charge in [0.15, 0.2) is 5.82 Å². The number of rotatable bonds is 4. The SMILES string of the molecule is COc1ccccc1CCc1[nH]nc(N)c1C#N. The van der Waals surface area contributed by atoms with E-state index in [0.29, 0.717) is 12.0 Å². The molecule has 0 aliphatic rings. The van der Waals surface area contributed by atoms with Crippen molar-refractivity contribution in [2.24, 2.45) is 0 Å². The van der Waals surface area contributed by atoms with E-state index >= 15 is 0 Å². The van der Waals surface area contributed by atoms with E-state index in [-0.39, 0.29) is 5.82 Å². The minimum atomic E-state index is 0.257. The molecule has 0 aliphatic carbocycles. The highest BCUT2D eigenvalue weighted by molar-refractivity contribution is 5.51. The zero-order chi connectivity index (χ0) is 13.0. The molecule has 2 aromatic rings. The smallest absolute Gasteiger partial charge is 0.163 e. The molecule has 0 radical (unpaired) electrons. The standard InChI is InChI=1S/C13H14N4O/c1-18-12-5-3-2-4-9(12)6-7-11-10(8-14)13(15)17-16-11/h2-5H,6-7H2,1H3,(H3,15,16,17). The fraction of sp³-hybridized carbons (Fsp3) is 0.231. The van der Waals surface area contributed by atoms with Gasteiger partial charge in [0.25, 0.3) is 0 Å². The maximum absolute atomic E-state index is 8.97. The van der Waals surface area contributed by atoms with Gasteiger partial charge in [-0.05, 0) is 24.5 Å². The van der Waals surface area contributed by atoms with Gasteiger partial charge < -0.3 is 10.5 Å². The Hall–Kier alpha value is -2.48. The summed E-state index contributed by atoms with van der Waals surface area (Å²) < 4.78 is 5.28. The maximum atomic E-state index is 8.97. The molecule has 1 aromatic carbocycles. The molecule has 0 atom stereocenters. The third-order valence-electron chi connectivity index (χ3n) is 2.82. The number of nitrogens with one attached hydrogen (secondary N) is 1. The molecule has 0 unspecified atom stereocenters. The highest BCUT2D eigenvalue weighted by Gasteiger charge is 2.11. The molecule has 5 nitrogen and oxygen atoms in total. The first-order valence-electron chi connectivity index (χ1n) is 5.61. The molecule has 0 saturated heterocycles. The number of hydrogen-bond donors (Lipinski definition) is 2. The van der Waals surface area contributed by atoms with Crippen molar-refractivity contribution in [2.75, 3.05) is 12.8 Å². The number of nitrogens with zero attached hydrogens (tertiary/aromatic N) is 2. The van der Waals surface area contributed by atoms with E-state index in [4.69, 9.17) is 15.7 Å². The van der Waals surface area contributed by atoms with E-state index in [2.05, 4.69) is 16.3 Å². The van der Waals surface area contributed by atoms with Crippen LogP contribution in [0.2, 0.25) is 0 Å². The zero-order valence-corrected chi connectivity index (χ0v) is 10.1. The van der Waals surface area contributed by atoms with Gasteiger partial charge in [-0.1, -0.05) is 18.2 Å². The summed E-state index contributed by atoms with van der Waals surface area (Å²) in [5.41, 5.74) is 7.88. The van der Waals surface area contributed by atoms with E-state index < -0.39 is 0 Å². The van der Waals surface area contributed by atoms with Gasteiger partial charge in [0.1, 0.15) is 17.4 Å². The highest BCUT2D eigenvalue weighted by atomic mass is 16.5. The molecular formula is C13H14N4O. The normalized spacial score (nSPS) is 10.0. The molecule has 0 spiro atoms. The lowest BCUT2D eigenvalue weighted by Gasteiger charge is -2.07. The van der Waals surface area contributed by atoms with E-state index in [0.717, 1.165) is 23.4 Å². The minimum absolute atomic E-state index is 0.257. The van der Waals surface area contributed by atoms with Crippen LogP contribution in [-0.4, -0.2) is 17.3 Å². The average molecular weight is 242 g/mol. The predicted molar refractivity (Wildman–Crippen MR) is 68.1 cm³/mol. The van der Waals surface area contributed by atoms with E-state index in [1.807, 2.05) is 24.3 Å². The van der Waals surface area contributed by atoms with Crippen molar-refractivity contribution in [2.45, 2.75) is 12.8 Å². The molecule has 0 fully saturated rings. The summed E-state index contributed by atoms with van der Waals surface area (Å²) in [5, 5.41) is 15.6.